The third-order valence-corrected chi connectivity index (χ3v) is 6.38. The van der Waals surface area contributed by atoms with Crippen LogP contribution in [0.25, 0.3) is 0 Å². The highest BCUT2D eigenvalue weighted by Gasteiger charge is 2.54. The molecule has 0 bridgehead atoms. The van der Waals surface area contributed by atoms with Crippen LogP contribution in [0.1, 0.15) is 27.2 Å². The number of allylic oxidation sites excluding steroid dienone is 2. The highest BCUT2D eigenvalue weighted by atomic mass is 16.6. The molecule has 3 rings (SSSR count). The number of aliphatic hydroxyl groups is 2. The zero-order chi connectivity index (χ0) is 25.2. The molecule has 182 valence electrons. The summed E-state index contributed by atoms with van der Waals surface area (Å²) in [6.07, 6.45) is 2.65. The third kappa shape index (κ3) is 4.67. The maximum atomic E-state index is 13.0. The number of carbonyl (C=O) groups excluding carboxylic acids is 4. The predicted molar refractivity (Wildman–Crippen MR) is 119 cm³/mol. The van der Waals surface area contributed by atoms with Gasteiger partial charge in [-0.1, -0.05) is 23.8 Å². The topological polar surface area (TPSA) is 136 Å². The zero-order valence-electron chi connectivity index (χ0n) is 19.3. The lowest BCUT2D eigenvalue weighted by Crippen LogP contribution is -2.36. The average Bonchev–Trinajstić information content (AvgIpc) is 3.20. The molecule has 1 heterocycles. The largest absolute Gasteiger partial charge is 0.458 e. The molecular formula is C25H28O9. The van der Waals surface area contributed by atoms with Crippen molar-refractivity contribution in [1.29, 1.82) is 0 Å². The minimum atomic E-state index is -0.864. The van der Waals surface area contributed by atoms with Crippen molar-refractivity contribution in [2.75, 3.05) is 19.8 Å². The minimum Gasteiger partial charge on any atom is -0.458 e. The summed E-state index contributed by atoms with van der Waals surface area (Å²) in [6, 6.07) is 0. The molecule has 1 fully saturated rings. The van der Waals surface area contributed by atoms with E-state index in [2.05, 4.69) is 6.58 Å². The summed E-state index contributed by atoms with van der Waals surface area (Å²) >= 11 is 0. The Bertz CT molecular complexity index is 1060. The molecule has 2 aliphatic carbocycles. The van der Waals surface area contributed by atoms with E-state index in [1.54, 1.807) is 20.8 Å². The van der Waals surface area contributed by atoms with Crippen LogP contribution in [0.5, 0.6) is 0 Å². The van der Waals surface area contributed by atoms with Gasteiger partial charge in [0.1, 0.15) is 18.8 Å². The van der Waals surface area contributed by atoms with Crippen LogP contribution in [-0.4, -0.2) is 65.9 Å². The molecule has 9 nitrogen and oxygen atoms in total. The maximum absolute atomic E-state index is 13.0. The molecule has 4 atom stereocenters. The maximum Gasteiger partial charge on any atom is 0.337 e. The van der Waals surface area contributed by atoms with E-state index in [0.29, 0.717) is 5.57 Å². The lowest BCUT2D eigenvalue weighted by Gasteiger charge is -2.28. The number of ether oxygens (including phenoxy) is 3. The number of hydrogen-bond donors (Lipinski definition) is 2. The van der Waals surface area contributed by atoms with Gasteiger partial charge in [0, 0.05) is 23.5 Å². The number of fused-ring (bicyclic) bond motifs is 3. The van der Waals surface area contributed by atoms with E-state index < -0.39 is 61.8 Å². The van der Waals surface area contributed by atoms with Gasteiger partial charge < -0.3 is 24.4 Å². The second-order valence-corrected chi connectivity index (χ2v) is 8.45. The summed E-state index contributed by atoms with van der Waals surface area (Å²) in [5.41, 5.74) is 2.08. The fourth-order valence-electron chi connectivity index (χ4n) is 4.66. The van der Waals surface area contributed by atoms with Crippen LogP contribution in [0, 0.1) is 11.8 Å². The van der Waals surface area contributed by atoms with Gasteiger partial charge in [-0.05, 0) is 32.9 Å². The summed E-state index contributed by atoms with van der Waals surface area (Å²) in [5, 5.41) is 18.5. The Labute approximate surface area is 197 Å². The number of esters is 3. The van der Waals surface area contributed by atoms with Gasteiger partial charge in [0.2, 0.25) is 0 Å². The van der Waals surface area contributed by atoms with Crippen molar-refractivity contribution in [1.82, 2.24) is 0 Å². The SMILES string of the molecule is C=C1C(=O)O[C@@H]2[C@H]3C(C)=CC(=O)C3=C(C)C[C@@H](OC(=O)/C(=C/CO)COC(=O)/C(=C/C)CO)[C@@H]12. The van der Waals surface area contributed by atoms with Gasteiger partial charge in [-0.3, -0.25) is 4.79 Å². The van der Waals surface area contributed by atoms with E-state index in [1.165, 1.54) is 12.2 Å². The highest BCUT2D eigenvalue weighted by molar-refractivity contribution is 6.09. The molecule has 0 amide bonds. The van der Waals surface area contributed by atoms with Crippen molar-refractivity contribution in [2.45, 2.75) is 39.4 Å². The molecule has 1 aliphatic heterocycles. The number of ketones is 1. The van der Waals surface area contributed by atoms with Crippen molar-refractivity contribution in [3.63, 3.8) is 0 Å². The average molecular weight is 472 g/mol. The van der Waals surface area contributed by atoms with E-state index in [-0.39, 0.29) is 28.9 Å². The van der Waals surface area contributed by atoms with Crippen LogP contribution in [0.3, 0.4) is 0 Å². The number of hydrogen-bond acceptors (Lipinski definition) is 9. The lowest BCUT2D eigenvalue weighted by molar-refractivity contribution is -0.149. The summed E-state index contributed by atoms with van der Waals surface area (Å²) in [6.45, 7) is 7.44. The predicted octanol–water partition coefficient (Wildman–Crippen LogP) is 1.26. The highest BCUT2D eigenvalue weighted by Crippen LogP contribution is 2.48. The Morgan fingerprint density at radius 2 is 1.91 bits per heavy atom. The summed E-state index contributed by atoms with van der Waals surface area (Å²) in [7, 11) is 0. The smallest absolute Gasteiger partial charge is 0.337 e. The normalized spacial score (nSPS) is 27.1. The Hall–Kier alpha value is -3.30. The first-order chi connectivity index (χ1) is 16.1. The van der Waals surface area contributed by atoms with Crippen molar-refractivity contribution >= 4 is 23.7 Å². The van der Waals surface area contributed by atoms with E-state index in [0.717, 1.165) is 17.2 Å². The fraction of sp³-hybridized carbons (Fsp3) is 0.440. The molecule has 0 aromatic carbocycles. The van der Waals surface area contributed by atoms with Crippen molar-refractivity contribution in [2.24, 2.45) is 11.8 Å². The quantitative estimate of drug-likeness (QED) is 0.319. The van der Waals surface area contributed by atoms with Crippen molar-refractivity contribution < 1.29 is 43.6 Å². The Morgan fingerprint density at radius 1 is 1.21 bits per heavy atom. The Morgan fingerprint density at radius 3 is 2.53 bits per heavy atom. The van der Waals surface area contributed by atoms with Gasteiger partial charge in [0.25, 0.3) is 0 Å². The number of aliphatic hydroxyl groups excluding tert-OH is 2. The molecule has 0 aromatic rings. The third-order valence-electron chi connectivity index (χ3n) is 6.38. The first-order valence-corrected chi connectivity index (χ1v) is 10.9. The van der Waals surface area contributed by atoms with Gasteiger partial charge in [0.05, 0.1) is 30.3 Å². The molecule has 2 N–H and O–H groups in total. The van der Waals surface area contributed by atoms with Crippen LogP contribution >= 0.6 is 0 Å². The molecule has 1 saturated heterocycles. The molecule has 0 aromatic heterocycles. The number of rotatable bonds is 7. The zero-order valence-corrected chi connectivity index (χ0v) is 19.3. The monoisotopic (exact) mass is 472 g/mol. The van der Waals surface area contributed by atoms with Crippen LogP contribution in [0.2, 0.25) is 0 Å². The first kappa shape index (κ1) is 25.3. The summed E-state index contributed by atoms with van der Waals surface area (Å²) in [4.78, 5) is 50.0. The van der Waals surface area contributed by atoms with E-state index in [9.17, 15) is 29.4 Å². The second-order valence-electron chi connectivity index (χ2n) is 8.45. The molecule has 0 saturated carbocycles. The molecule has 0 spiro atoms. The Balaban J connectivity index is 1.85. The van der Waals surface area contributed by atoms with Crippen LogP contribution in [0.4, 0.5) is 0 Å². The number of carbonyl (C=O) groups is 4. The molecule has 9 heteroatoms. The van der Waals surface area contributed by atoms with Gasteiger partial charge in [0.15, 0.2) is 5.78 Å². The van der Waals surface area contributed by atoms with Gasteiger partial charge in [-0.15, -0.1) is 0 Å². The molecular weight excluding hydrogens is 444 g/mol. The van der Waals surface area contributed by atoms with E-state index >= 15 is 0 Å². The summed E-state index contributed by atoms with van der Waals surface area (Å²) in [5.74, 6) is -3.54. The lowest BCUT2D eigenvalue weighted by atomic mass is 9.82. The molecule has 0 unspecified atom stereocenters. The van der Waals surface area contributed by atoms with E-state index in [4.69, 9.17) is 14.2 Å². The van der Waals surface area contributed by atoms with Gasteiger partial charge in [-0.2, -0.15) is 0 Å². The molecule has 0 radical (unpaired) electrons. The fourth-order valence-corrected chi connectivity index (χ4v) is 4.66. The minimum absolute atomic E-state index is 0.0168. The van der Waals surface area contributed by atoms with Crippen molar-refractivity contribution in [3.8, 4) is 0 Å². The first-order valence-electron chi connectivity index (χ1n) is 10.9. The molecule has 34 heavy (non-hydrogen) atoms. The molecule has 3 aliphatic rings. The standard InChI is InChI=1S/C25H28O9/c1-5-15(10-27)24(30)32-11-16(6-7-26)25(31)33-18-9-13(3)19-17(28)8-12(2)20(19)22-21(18)14(4)23(29)34-22/h5-6,8,18,20-22,26-27H,4,7,9-11H2,1-3H3/b15-5+,16-6+/t18-,20+,21-,22-/m1/s1. The van der Waals surface area contributed by atoms with Crippen LogP contribution in [-0.2, 0) is 33.4 Å². The van der Waals surface area contributed by atoms with Crippen LogP contribution in [0.15, 0.2) is 58.2 Å². The second kappa shape index (κ2) is 10.3. The van der Waals surface area contributed by atoms with E-state index in [1.807, 2.05) is 0 Å². The summed E-state index contributed by atoms with van der Waals surface area (Å²) < 4.78 is 16.4. The van der Waals surface area contributed by atoms with Crippen molar-refractivity contribution in [3.05, 3.63) is 58.2 Å². The van der Waals surface area contributed by atoms with Crippen LogP contribution < -0.4 is 0 Å². The van der Waals surface area contributed by atoms with Gasteiger partial charge in [-0.25, -0.2) is 14.4 Å². The Kier molecular flexibility index (Phi) is 7.68. The van der Waals surface area contributed by atoms with Gasteiger partial charge >= 0.3 is 17.9 Å².